The third kappa shape index (κ3) is 6.87. The van der Waals surface area contributed by atoms with Crippen molar-refractivity contribution in [2.45, 2.75) is 44.2 Å². The van der Waals surface area contributed by atoms with Gasteiger partial charge in [-0.25, -0.2) is 0 Å². The monoisotopic (exact) mass is 539 g/mol. The van der Waals surface area contributed by atoms with Gasteiger partial charge in [0, 0.05) is 49.4 Å². The number of benzene rings is 3. The van der Waals surface area contributed by atoms with E-state index < -0.39 is 0 Å². The molecule has 0 aromatic heterocycles. The van der Waals surface area contributed by atoms with Crippen molar-refractivity contribution in [3.8, 4) is 0 Å². The number of hydrogen-bond donors (Lipinski definition) is 3. The van der Waals surface area contributed by atoms with Gasteiger partial charge in [0.2, 0.25) is 5.91 Å². The zero-order chi connectivity index (χ0) is 27.9. The van der Waals surface area contributed by atoms with Gasteiger partial charge < -0.3 is 26.2 Å². The first-order valence-electron chi connectivity index (χ1n) is 14.1. The van der Waals surface area contributed by atoms with Crippen molar-refractivity contribution in [3.05, 3.63) is 95.6 Å². The predicted octanol–water partition coefficient (Wildman–Crippen LogP) is 3.83. The number of amides is 3. The lowest BCUT2D eigenvalue weighted by molar-refractivity contribution is -0.115. The van der Waals surface area contributed by atoms with E-state index in [9.17, 15) is 14.4 Å². The van der Waals surface area contributed by atoms with Crippen LogP contribution in [-0.4, -0.2) is 60.9 Å². The highest BCUT2D eigenvalue weighted by Crippen LogP contribution is 2.29. The molecule has 1 saturated carbocycles. The van der Waals surface area contributed by atoms with Gasteiger partial charge in [-0.15, -0.1) is 0 Å². The Bertz CT molecular complexity index is 1310. The number of carbonyl (C=O) groups excluding carboxylic acids is 3. The van der Waals surface area contributed by atoms with Crippen LogP contribution in [0.2, 0.25) is 0 Å². The summed E-state index contributed by atoms with van der Waals surface area (Å²) in [6.07, 6.45) is 3.79. The number of hydrogen-bond acceptors (Lipinski definition) is 5. The van der Waals surface area contributed by atoms with E-state index in [2.05, 4.69) is 15.5 Å². The predicted molar refractivity (Wildman–Crippen MR) is 157 cm³/mol. The van der Waals surface area contributed by atoms with Gasteiger partial charge in [-0.3, -0.25) is 14.4 Å². The molecule has 1 aliphatic heterocycles. The van der Waals surface area contributed by atoms with Crippen molar-refractivity contribution < 1.29 is 14.4 Å². The molecular weight excluding hydrogens is 502 g/mol. The second kappa shape index (κ2) is 12.8. The van der Waals surface area contributed by atoms with Crippen LogP contribution in [0.5, 0.6) is 0 Å². The highest BCUT2D eigenvalue weighted by molar-refractivity contribution is 6.00. The minimum atomic E-state index is -0.149. The summed E-state index contributed by atoms with van der Waals surface area (Å²) in [4.78, 5) is 43.2. The maximum atomic E-state index is 13.2. The molecule has 8 heteroatoms. The molecule has 0 unspecified atom stereocenters. The van der Waals surface area contributed by atoms with Crippen LogP contribution in [-0.2, 0) is 11.2 Å². The van der Waals surface area contributed by atoms with Crippen LogP contribution >= 0.6 is 0 Å². The van der Waals surface area contributed by atoms with Gasteiger partial charge in [0.1, 0.15) is 0 Å². The van der Waals surface area contributed by atoms with Gasteiger partial charge in [-0.2, -0.15) is 0 Å². The molecule has 8 nitrogen and oxygen atoms in total. The van der Waals surface area contributed by atoms with Crippen molar-refractivity contribution in [3.63, 3.8) is 0 Å². The van der Waals surface area contributed by atoms with E-state index in [0.29, 0.717) is 43.0 Å². The second-order valence-electron chi connectivity index (χ2n) is 10.7. The van der Waals surface area contributed by atoms with Gasteiger partial charge in [0.25, 0.3) is 11.8 Å². The summed E-state index contributed by atoms with van der Waals surface area (Å²) < 4.78 is 0. The molecule has 0 spiro atoms. The largest absolute Gasteiger partial charge is 0.366 e. The van der Waals surface area contributed by atoms with E-state index in [4.69, 9.17) is 5.73 Å². The Morgan fingerprint density at radius 2 is 1.43 bits per heavy atom. The van der Waals surface area contributed by atoms with Crippen molar-refractivity contribution in [1.82, 2.24) is 10.2 Å². The Labute approximate surface area is 235 Å². The van der Waals surface area contributed by atoms with E-state index in [1.54, 1.807) is 6.07 Å². The average Bonchev–Trinajstić information content (AvgIpc) is 2.99. The molecule has 3 amide bonds. The number of anilines is 2. The summed E-state index contributed by atoms with van der Waals surface area (Å²) in [5, 5.41) is 6.21. The summed E-state index contributed by atoms with van der Waals surface area (Å²) in [7, 11) is 0. The van der Waals surface area contributed by atoms with Crippen molar-refractivity contribution in [1.29, 1.82) is 0 Å². The molecule has 1 saturated heterocycles. The van der Waals surface area contributed by atoms with Crippen LogP contribution in [0.3, 0.4) is 0 Å². The van der Waals surface area contributed by atoms with Crippen molar-refractivity contribution >= 4 is 29.1 Å². The third-order valence-corrected chi connectivity index (χ3v) is 7.78. The molecule has 0 bridgehead atoms. The number of piperazine rings is 1. The lowest BCUT2D eigenvalue weighted by Gasteiger charge is -2.37. The number of carbonyl (C=O) groups is 3. The average molecular weight is 540 g/mol. The van der Waals surface area contributed by atoms with Crippen LogP contribution in [0, 0.1) is 0 Å². The summed E-state index contributed by atoms with van der Waals surface area (Å²) in [6, 6.07) is 24.7. The minimum Gasteiger partial charge on any atom is -0.366 e. The zero-order valence-electron chi connectivity index (χ0n) is 22.7. The van der Waals surface area contributed by atoms with Gasteiger partial charge in [0.15, 0.2) is 0 Å². The van der Waals surface area contributed by atoms with Gasteiger partial charge in [0.05, 0.1) is 17.8 Å². The fourth-order valence-corrected chi connectivity index (χ4v) is 5.47. The smallest absolute Gasteiger partial charge is 0.253 e. The summed E-state index contributed by atoms with van der Waals surface area (Å²) in [5.74, 6) is -0.277. The van der Waals surface area contributed by atoms with E-state index in [-0.39, 0.29) is 36.2 Å². The summed E-state index contributed by atoms with van der Waals surface area (Å²) in [6.45, 7) is 2.37. The van der Waals surface area contributed by atoms with E-state index in [1.165, 1.54) is 0 Å². The van der Waals surface area contributed by atoms with Crippen LogP contribution in [0.4, 0.5) is 11.4 Å². The number of nitrogens with zero attached hydrogens (tertiary/aromatic N) is 2. The Morgan fingerprint density at radius 1 is 0.775 bits per heavy atom. The fraction of sp³-hybridized carbons (Fsp3) is 0.344. The Morgan fingerprint density at radius 3 is 2.10 bits per heavy atom. The lowest BCUT2D eigenvalue weighted by Crippen LogP contribution is -2.49. The Hall–Kier alpha value is -4.17. The van der Waals surface area contributed by atoms with Crippen LogP contribution < -0.4 is 21.3 Å². The minimum absolute atomic E-state index is 0.0207. The SMILES string of the molecule is NC1CCC(NC(=O)c2ccc(N3CCN(C(=O)c4ccccc4)CC3)c(NC(=O)Cc3ccccc3)c2)CC1. The number of rotatable bonds is 7. The summed E-state index contributed by atoms with van der Waals surface area (Å²) in [5.41, 5.74) is 9.57. The standard InChI is InChI=1S/C32H37N5O3/c33-26-12-14-27(15-13-26)34-31(39)25-11-16-29(28(22-25)35-30(38)21-23-7-3-1-4-8-23)36-17-19-37(20-18-36)32(40)24-9-5-2-6-10-24/h1-11,16,22,26-27H,12-15,17-21,33H2,(H,34,39)(H,35,38). The molecule has 1 heterocycles. The molecule has 2 fully saturated rings. The Kier molecular flexibility index (Phi) is 8.76. The van der Waals surface area contributed by atoms with Crippen molar-refractivity contribution in [2.75, 3.05) is 36.4 Å². The molecule has 3 aromatic rings. The molecule has 208 valence electrons. The molecule has 0 radical (unpaired) electrons. The normalized spacial score (nSPS) is 19.1. The highest BCUT2D eigenvalue weighted by Gasteiger charge is 2.25. The lowest BCUT2D eigenvalue weighted by atomic mass is 9.91. The molecule has 2 aliphatic rings. The summed E-state index contributed by atoms with van der Waals surface area (Å²) >= 11 is 0. The van der Waals surface area contributed by atoms with Crippen LogP contribution in [0.1, 0.15) is 52.0 Å². The first kappa shape index (κ1) is 27.4. The molecule has 5 rings (SSSR count). The van der Waals surface area contributed by atoms with E-state index >= 15 is 0 Å². The van der Waals surface area contributed by atoms with Gasteiger partial charge in [-0.05, 0) is 61.6 Å². The quantitative estimate of drug-likeness (QED) is 0.423. The molecular formula is C32H37N5O3. The molecule has 40 heavy (non-hydrogen) atoms. The van der Waals surface area contributed by atoms with Crippen LogP contribution in [0.15, 0.2) is 78.9 Å². The maximum absolute atomic E-state index is 13.2. The van der Waals surface area contributed by atoms with Crippen LogP contribution in [0.25, 0.3) is 0 Å². The highest BCUT2D eigenvalue weighted by atomic mass is 16.2. The van der Waals surface area contributed by atoms with E-state index in [1.807, 2.05) is 77.7 Å². The second-order valence-corrected chi connectivity index (χ2v) is 10.7. The topological polar surface area (TPSA) is 108 Å². The maximum Gasteiger partial charge on any atom is 0.253 e. The molecule has 4 N–H and O–H groups in total. The fourth-order valence-electron chi connectivity index (χ4n) is 5.47. The zero-order valence-corrected chi connectivity index (χ0v) is 22.7. The third-order valence-electron chi connectivity index (χ3n) is 7.78. The van der Waals surface area contributed by atoms with E-state index in [0.717, 1.165) is 36.9 Å². The molecule has 1 aliphatic carbocycles. The first-order chi connectivity index (χ1) is 19.5. The van der Waals surface area contributed by atoms with Crippen molar-refractivity contribution in [2.24, 2.45) is 5.73 Å². The number of nitrogens with two attached hydrogens (primary N) is 1. The first-order valence-corrected chi connectivity index (χ1v) is 14.1. The Balaban J connectivity index is 1.31. The van der Waals surface area contributed by atoms with Gasteiger partial charge >= 0.3 is 0 Å². The van der Waals surface area contributed by atoms with Gasteiger partial charge in [-0.1, -0.05) is 48.5 Å². The molecule has 0 atom stereocenters. The number of nitrogens with one attached hydrogen (secondary N) is 2. The molecule has 3 aromatic carbocycles.